The largest absolute Gasteiger partial charge is 0.497 e. The first-order valence-corrected chi connectivity index (χ1v) is 10.4. The maximum absolute atomic E-state index is 12.3. The van der Waals surface area contributed by atoms with Gasteiger partial charge in [0.2, 0.25) is 5.91 Å². The zero-order valence-corrected chi connectivity index (χ0v) is 17.3. The molecule has 0 saturated carbocycles. The molecule has 1 amide bonds. The quantitative estimate of drug-likeness (QED) is 0.451. The van der Waals surface area contributed by atoms with E-state index in [4.69, 9.17) is 9.47 Å². The third kappa shape index (κ3) is 4.17. The molecular weight excluding hydrogens is 410 g/mol. The molecule has 148 valence electrons. The fourth-order valence-corrected chi connectivity index (χ4v) is 4.12. The number of thioether (sulfide) groups is 1. The van der Waals surface area contributed by atoms with Crippen molar-refractivity contribution in [2.75, 3.05) is 25.3 Å². The Hall–Kier alpha value is -3.11. The Morgan fingerprint density at radius 3 is 2.93 bits per heavy atom. The number of pyridine rings is 1. The second-order valence-electron chi connectivity index (χ2n) is 5.85. The number of thiazole rings is 1. The molecular formula is C19H17N5O3S2. The molecule has 3 heterocycles. The van der Waals surface area contributed by atoms with Gasteiger partial charge in [-0.25, -0.2) is 4.98 Å². The van der Waals surface area contributed by atoms with Crippen LogP contribution >= 0.6 is 23.1 Å². The van der Waals surface area contributed by atoms with Gasteiger partial charge in [-0.1, -0.05) is 17.8 Å². The lowest BCUT2D eigenvalue weighted by molar-refractivity contribution is -0.113. The van der Waals surface area contributed by atoms with Crippen LogP contribution in [0.4, 0.5) is 5.13 Å². The fourth-order valence-electron chi connectivity index (χ4n) is 2.67. The Bertz CT molecular complexity index is 1160. The molecule has 4 aromatic rings. The first-order valence-electron chi connectivity index (χ1n) is 8.58. The molecule has 29 heavy (non-hydrogen) atoms. The first-order chi connectivity index (χ1) is 14.2. The molecule has 10 heteroatoms. The number of nitrogens with one attached hydrogen (secondary N) is 1. The van der Waals surface area contributed by atoms with Gasteiger partial charge in [0, 0.05) is 23.2 Å². The molecule has 0 atom stereocenters. The third-order valence-electron chi connectivity index (χ3n) is 4.05. The molecule has 0 spiro atoms. The van der Waals surface area contributed by atoms with Crippen molar-refractivity contribution in [3.63, 3.8) is 0 Å². The van der Waals surface area contributed by atoms with E-state index in [1.54, 1.807) is 20.3 Å². The van der Waals surface area contributed by atoms with Crippen LogP contribution in [0.25, 0.3) is 16.9 Å². The van der Waals surface area contributed by atoms with Gasteiger partial charge >= 0.3 is 0 Å². The van der Waals surface area contributed by atoms with Crippen molar-refractivity contribution in [1.82, 2.24) is 19.6 Å². The van der Waals surface area contributed by atoms with Crippen LogP contribution in [0, 0.1) is 0 Å². The van der Waals surface area contributed by atoms with Crippen molar-refractivity contribution in [2.45, 2.75) is 5.16 Å². The van der Waals surface area contributed by atoms with E-state index in [2.05, 4.69) is 20.5 Å². The third-order valence-corrected chi connectivity index (χ3v) is 5.75. The molecule has 0 aliphatic carbocycles. The minimum Gasteiger partial charge on any atom is -0.497 e. The Kier molecular flexibility index (Phi) is 5.63. The van der Waals surface area contributed by atoms with E-state index in [1.807, 2.05) is 46.3 Å². The molecule has 0 bridgehead atoms. The zero-order chi connectivity index (χ0) is 20.2. The van der Waals surface area contributed by atoms with E-state index in [-0.39, 0.29) is 11.7 Å². The molecule has 0 aliphatic heterocycles. The second kappa shape index (κ2) is 8.50. The molecule has 0 aliphatic rings. The normalized spacial score (nSPS) is 10.8. The average molecular weight is 428 g/mol. The molecule has 1 N–H and O–H groups in total. The number of hydrogen-bond donors (Lipinski definition) is 1. The summed E-state index contributed by atoms with van der Waals surface area (Å²) < 4.78 is 12.5. The smallest absolute Gasteiger partial charge is 0.236 e. The van der Waals surface area contributed by atoms with Crippen LogP contribution in [0.2, 0.25) is 0 Å². The highest BCUT2D eigenvalue weighted by atomic mass is 32.2. The Labute approximate surface area is 174 Å². The average Bonchev–Trinajstić information content (AvgIpc) is 3.38. The standard InChI is InChI=1S/C19H17N5O3S2/c1-26-12-6-7-13(15(9-12)27-2)14-10-28-18(20-14)21-17(25)11-29-19-23-22-16-5-3-4-8-24(16)19/h3-10H,11H2,1-2H3,(H,20,21,25). The highest BCUT2D eigenvalue weighted by Gasteiger charge is 2.14. The van der Waals surface area contributed by atoms with Gasteiger partial charge in [0.15, 0.2) is 15.9 Å². The van der Waals surface area contributed by atoms with Crippen LogP contribution in [-0.2, 0) is 4.79 Å². The molecule has 0 fully saturated rings. The number of anilines is 1. The van der Waals surface area contributed by atoms with Crippen LogP contribution < -0.4 is 14.8 Å². The number of amides is 1. The van der Waals surface area contributed by atoms with Crippen LogP contribution in [0.15, 0.2) is 53.1 Å². The molecule has 0 saturated heterocycles. The summed E-state index contributed by atoms with van der Waals surface area (Å²) >= 11 is 2.67. The summed E-state index contributed by atoms with van der Waals surface area (Å²) in [6, 6.07) is 11.2. The summed E-state index contributed by atoms with van der Waals surface area (Å²) in [5.41, 5.74) is 2.30. The maximum Gasteiger partial charge on any atom is 0.236 e. The number of ether oxygens (including phenoxy) is 2. The number of hydrogen-bond acceptors (Lipinski definition) is 8. The predicted octanol–water partition coefficient (Wildman–Crippen LogP) is 3.60. The summed E-state index contributed by atoms with van der Waals surface area (Å²) in [7, 11) is 3.20. The van der Waals surface area contributed by atoms with E-state index in [0.29, 0.717) is 21.8 Å². The lowest BCUT2D eigenvalue weighted by Crippen LogP contribution is -2.14. The molecule has 4 rings (SSSR count). The first kappa shape index (κ1) is 19.2. The van der Waals surface area contributed by atoms with Gasteiger partial charge in [-0.2, -0.15) is 0 Å². The van der Waals surface area contributed by atoms with Crippen LogP contribution in [0.5, 0.6) is 11.5 Å². The Morgan fingerprint density at radius 2 is 2.10 bits per heavy atom. The predicted molar refractivity (Wildman–Crippen MR) is 113 cm³/mol. The second-order valence-corrected chi connectivity index (χ2v) is 7.65. The highest BCUT2D eigenvalue weighted by Crippen LogP contribution is 2.34. The lowest BCUT2D eigenvalue weighted by Gasteiger charge is -2.08. The number of methoxy groups -OCH3 is 2. The molecule has 0 unspecified atom stereocenters. The number of fused-ring (bicyclic) bond motifs is 1. The summed E-state index contributed by atoms with van der Waals surface area (Å²) in [5, 5.41) is 14.1. The van der Waals surface area contributed by atoms with Crippen molar-refractivity contribution in [3.05, 3.63) is 48.0 Å². The molecule has 8 nitrogen and oxygen atoms in total. The minimum atomic E-state index is -0.162. The van der Waals surface area contributed by atoms with Crippen molar-refractivity contribution in [2.24, 2.45) is 0 Å². The molecule has 0 radical (unpaired) electrons. The van der Waals surface area contributed by atoms with Gasteiger partial charge in [0.05, 0.1) is 25.7 Å². The maximum atomic E-state index is 12.3. The number of benzene rings is 1. The number of aromatic nitrogens is 4. The van der Waals surface area contributed by atoms with E-state index in [1.165, 1.54) is 23.1 Å². The zero-order valence-electron chi connectivity index (χ0n) is 15.7. The minimum absolute atomic E-state index is 0.162. The fraction of sp³-hybridized carbons (Fsp3) is 0.158. The highest BCUT2D eigenvalue weighted by molar-refractivity contribution is 7.99. The Balaban J connectivity index is 1.42. The van der Waals surface area contributed by atoms with Gasteiger partial charge in [0.1, 0.15) is 11.5 Å². The van der Waals surface area contributed by atoms with Gasteiger partial charge < -0.3 is 14.8 Å². The Morgan fingerprint density at radius 1 is 1.21 bits per heavy atom. The van der Waals surface area contributed by atoms with Crippen molar-refractivity contribution < 1.29 is 14.3 Å². The van der Waals surface area contributed by atoms with Crippen molar-refractivity contribution in [1.29, 1.82) is 0 Å². The summed E-state index contributed by atoms with van der Waals surface area (Å²) in [5.74, 6) is 1.40. The monoisotopic (exact) mass is 427 g/mol. The van der Waals surface area contributed by atoms with Gasteiger partial charge in [-0.05, 0) is 24.3 Å². The van der Waals surface area contributed by atoms with Crippen molar-refractivity contribution in [3.8, 4) is 22.8 Å². The summed E-state index contributed by atoms with van der Waals surface area (Å²) in [4.78, 5) is 16.8. The van der Waals surface area contributed by atoms with E-state index >= 15 is 0 Å². The summed E-state index contributed by atoms with van der Waals surface area (Å²) in [6.07, 6.45) is 1.87. The number of rotatable bonds is 7. The molecule has 3 aromatic heterocycles. The van der Waals surface area contributed by atoms with E-state index in [9.17, 15) is 4.79 Å². The van der Waals surface area contributed by atoms with Crippen molar-refractivity contribution >= 4 is 39.8 Å². The van der Waals surface area contributed by atoms with Crippen LogP contribution in [0.3, 0.4) is 0 Å². The van der Waals surface area contributed by atoms with E-state index < -0.39 is 0 Å². The summed E-state index contributed by atoms with van der Waals surface area (Å²) in [6.45, 7) is 0. The van der Waals surface area contributed by atoms with Gasteiger partial charge in [-0.15, -0.1) is 21.5 Å². The van der Waals surface area contributed by atoms with Gasteiger partial charge in [-0.3, -0.25) is 9.20 Å². The number of nitrogens with zero attached hydrogens (tertiary/aromatic N) is 4. The van der Waals surface area contributed by atoms with Crippen LogP contribution in [0.1, 0.15) is 0 Å². The SMILES string of the molecule is COc1ccc(-c2csc(NC(=O)CSc3nnc4ccccn34)n2)c(OC)c1. The van der Waals surface area contributed by atoms with Crippen LogP contribution in [-0.4, -0.2) is 45.5 Å². The molecule has 1 aromatic carbocycles. The number of carbonyl (C=O) groups excluding carboxylic acids is 1. The van der Waals surface area contributed by atoms with Gasteiger partial charge in [0.25, 0.3) is 0 Å². The van der Waals surface area contributed by atoms with E-state index in [0.717, 1.165) is 16.9 Å². The topological polar surface area (TPSA) is 90.6 Å². The number of carbonyl (C=O) groups is 1. The lowest BCUT2D eigenvalue weighted by atomic mass is 10.1.